The van der Waals surface area contributed by atoms with E-state index >= 15 is 0 Å². The molecule has 0 aliphatic carbocycles. The molecule has 1 atom stereocenters. The molecule has 0 fully saturated rings. The molecule has 0 bridgehead atoms. The van der Waals surface area contributed by atoms with Crippen molar-refractivity contribution in [3.8, 4) is 0 Å². The molecule has 1 aromatic heterocycles. The molecule has 0 aliphatic heterocycles. The van der Waals surface area contributed by atoms with Crippen molar-refractivity contribution in [3.63, 3.8) is 0 Å². The maximum atomic E-state index is 11.6. The van der Waals surface area contributed by atoms with E-state index in [1.807, 2.05) is 27.8 Å². The third-order valence-electron chi connectivity index (χ3n) is 2.53. The second-order valence-corrected chi connectivity index (χ2v) is 3.67. The first-order valence-corrected chi connectivity index (χ1v) is 5.04. The van der Waals surface area contributed by atoms with E-state index in [0.29, 0.717) is 6.42 Å². The lowest BCUT2D eigenvalue weighted by molar-refractivity contribution is -0.117. The summed E-state index contributed by atoms with van der Waals surface area (Å²) >= 11 is 0. The monoisotopic (exact) mass is 210 g/mol. The van der Waals surface area contributed by atoms with Crippen LogP contribution in [-0.2, 0) is 11.8 Å². The number of carbonyl (C=O) groups excluding carboxylic acids is 1. The summed E-state index contributed by atoms with van der Waals surface area (Å²) in [5.41, 5.74) is 8.15. The lowest BCUT2D eigenvalue weighted by Crippen LogP contribution is -2.35. The minimum atomic E-state index is -0.455. The van der Waals surface area contributed by atoms with Crippen LogP contribution in [0.4, 0.5) is 5.69 Å². The minimum absolute atomic E-state index is 0.156. The van der Waals surface area contributed by atoms with Crippen molar-refractivity contribution in [2.75, 3.05) is 5.32 Å². The van der Waals surface area contributed by atoms with Gasteiger partial charge in [-0.15, -0.1) is 0 Å². The van der Waals surface area contributed by atoms with Gasteiger partial charge in [0, 0.05) is 7.05 Å². The molecule has 84 valence electrons. The Hall–Kier alpha value is -1.36. The molecule has 1 rings (SSSR count). The predicted molar refractivity (Wildman–Crippen MR) is 59.6 cm³/mol. The van der Waals surface area contributed by atoms with Gasteiger partial charge in [-0.05, 0) is 20.3 Å². The van der Waals surface area contributed by atoms with Crippen LogP contribution in [0.25, 0.3) is 0 Å². The van der Waals surface area contributed by atoms with E-state index in [1.54, 1.807) is 4.68 Å². The average Bonchev–Trinajstić information content (AvgIpc) is 2.43. The molecule has 1 amide bonds. The molecule has 1 aromatic rings. The number of rotatable bonds is 3. The van der Waals surface area contributed by atoms with Crippen molar-refractivity contribution < 1.29 is 4.79 Å². The zero-order valence-corrected chi connectivity index (χ0v) is 9.66. The summed E-state index contributed by atoms with van der Waals surface area (Å²) < 4.78 is 1.74. The van der Waals surface area contributed by atoms with E-state index in [0.717, 1.165) is 17.1 Å². The number of hydrogen-bond donors (Lipinski definition) is 2. The van der Waals surface area contributed by atoms with Gasteiger partial charge in [0.05, 0.1) is 23.1 Å². The maximum absolute atomic E-state index is 11.6. The van der Waals surface area contributed by atoms with Gasteiger partial charge in [-0.2, -0.15) is 5.10 Å². The van der Waals surface area contributed by atoms with Crippen molar-refractivity contribution in [2.24, 2.45) is 12.8 Å². The quantitative estimate of drug-likeness (QED) is 0.771. The second kappa shape index (κ2) is 4.44. The number of anilines is 1. The lowest BCUT2D eigenvalue weighted by atomic mass is 10.2. The van der Waals surface area contributed by atoms with Crippen LogP contribution in [0.5, 0.6) is 0 Å². The highest BCUT2D eigenvalue weighted by molar-refractivity contribution is 5.95. The summed E-state index contributed by atoms with van der Waals surface area (Å²) in [6.07, 6.45) is 0.629. The van der Waals surface area contributed by atoms with Crippen molar-refractivity contribution in [1.29, 1.82) is 0 Å². The number of aromatic nitrogens is 2. The number of amides is 1. The van der Waals surface area contributed by atoms with E-state index in [1.165, 1.54) is 0 Å². The van der Waals surface area contributed by atoms with Crippen LogP contribution in [0.2, 0.25) is 0 Å². The molecular formula is C10H18N4O. The lowest BCUT2D eigenvalue weighted by Gasteiger charge is -2.10. The van der Waals surface area contributed by atoms with Gasteiger partial charge in [0.1, 0.15) is 0 Å². The molecule has 15 heavy (non-hydrogen) atoms. The normalized spacial score (nSPS) is 12.6. The highest BCUT2D eigenvalue weighted by Gasteiger charge is 2.16. The Balaban J connectivity index is 2.85. The number of aryl methyl sites for hydroxylation is 2. The topological polar surface area (TPSA) is 72.9 Å². The first kappa shape index (κ1) is 11.7. The number of nitrogens with zero attached hydrogens (tertiary/aromatic N) is 2. The average molecular weight is 210 g/mol. The zero-order chi connectivity index (χ0) is 11.6. The van der Waals surface area contributed by atoms with Crippen molar-refractivity contribution >= 4 is 11.6 Å². The van der Waals surface area contributed by atoms with Crippen LogP contribution in [0.15, 0.2) is 0 Å². The van der Waals surface area contributed by atoms with E-state index in [2.05, 4.69) is 10.4 Å². The molecule has 0 saturated carbocycles. The standard InChI is InChI=1S/C10H18N4O/c1-5-8(11)10(15)12-9-6(2)13-14(4)7(9)3/h8H,5,11H2,1-4H3,(H,12,15)/t8-/m1/s1. The van der Waals surface area contributed by atoms with Crippen LogP contribution < -0.4 is 11.1 Å². The van der Waals surface area contributed by atoms with Gasteiger partial charge in [0.15, 0.2) is 0 Å². The molecule has 3 N–H and O–H groups in total. The third-order valence-corrected chi connectivity index (χ3v) is 2.53. The summed E-state index contributed by atoms with van der Waals surface area (Å²) in [7, 11) is 1.84. The van der Waals surface area contributed by atoms with Crippen LogP contribution >= 0.6 is 0 Å². The summed E-state index contributed by atoms with van der Waals surface area (Å²) in [5.74, 6) is -0.156. The van der Waals surface area contributed by atoms with Crippen LogP contribution in [0, 0.1) is 13.8 Å². The summed E-state index contributed by atoms with van der Waals surface area (Å²) in [4.78, 5) is 11.6. The number of nitrogens with one attached hydrogen (secondary N) is 1. The Morgan fingerprint density at radius 1 is 1.60 bits per heavy atom. The smallest absolute Gasteiger partial charge is 0.241 e. The van der Waals surface area contributed by atoms with Crippen molar-refractivity contribution in [2.45, 2.75) is 33.2 Å². The van der Waals surface area contributed by atoms with Crippen LogP contribution in [-0.4, -0.2) is 21.7 Å². The van der Waals surface area contributed by atoms with E-state index in [-0.39, 0.29) is 5.91 Å². The zero-order valence-electron chi connectivity index (χ0n) is 9.66. The molecule has 5 heteroatoms. The van der Waals surface area contributed by atoms with E-state index in [9.17, 15) is 4.79 Å². The molecule has 0 saturated heterocycles. The van der Waals surface area contributed by atoms with Crippen molar-refractivity contribution in [1.82, 2.24) is 9.78 Å². The molecule has 0 spiro atoms. The van der Waals surface area contributed by atoms with Gasteiger partial charge < -0.3 is 11.1 Å². The Bertz CT molecular complexity index is 370. The molecular weight excluding hydrogens is 192 g/mol. The van der Waals surface area contributed by atoms with Crippen molar-refractivity contribution in [3.05, 3.63) is 11.4 Å². The maximum Gasteiger partial charge on any atom is 0.241 e. The minimum Gasteiger partial charge on any atom is -0.322 e. The van der Waals surface area contributed by atoms with Gasteiger partial charge in [-0.1, -0.05) is 6.92 Å². The van der Waals surface area contributed by atoms with Gasteiger partial charge >= 0.3 is 0 Å². The molecule has 0 aliphatic rings. The Morgan fingerprint density at radius 2 is 2.20 bits per heavy atom. The molecule has 1 heterocycles. The highest BCUT2D eigenvalue weighted by Crippen LogP contribution is 2.18. The third kappa shape index (κ3) is 2.36. The molecule has 0 aromatic carbocycles. The Morgan fingerprint density at radius 3 is 2.60 bits per heavy atom. The van der Waals surface area contributed by atoms with E-state index < -0.39 is 6.04 Å². The van der Waals surface area contributed by atoms with Gasteiger partial charge in [0.25, 0.3) is 0 Å². The largest absolute Gasteiger partial charge is 0.322 e. The fourth-order valence-corrected chi connectivity index (χ4v) is 1.36. The van der Waals surface area contributed by atoms with Gasteiger partial charge in [-0.3, -0.25) is 9.48 Å². The number of hydrogen-bond acceptors (Lipinski definition) is 3. The van der Waals surface area contributed by atoms with Gasteiger partial charge in [-0.25, -0.2) is 0 Å². The van der Waals surface area contributed by atoms with Gasteiger partial charge in [0.2, 0.25) is 5.91 Å². The fraction of sp³-hybridized carbons (Fsp3) is 0.600. The summed E-state index contributed by atoms with van der Waals surface area (Å²) in [5, 5.41) is 7.01. The van der Waals surface area contributed by atoms with Crippen LogP contribution in [0.1, 0.15) is 24.7 Å². The summed E-state index contributed by atoms with van der Waals surface area (Å²) in [6, 6.07) is -0.455. The number of carbonyl (C=O) groups is 1. The molecule has 5 nitrogen and oxygen atoms in total. The summed E-state index contributed by atoms with van der Waals surface area (Å²) in [6.45, 7) is 5.65. The Kier molecular flexibility index (Phi) is 3.47. The van der Waals surface area contributed by atoms with Crippen LogP contribution in [0.3, 0.4) is 0 Å². The molecule has 0 radical (unpaired) electrons. The Labute approximate surface area is 89.6 Å². The number of nitrogens with two attached hydrogens (primary N) is 1. The van der Waals surface area contributed by atoms with E-state index in [4.69, 9.17) is 5.73 Å². The first-order chi connectivity index (χ1) is 6.97. The first-order valence-electron chi connectivity index (χ1n) is 5.04. The molecule has 0 unspecified atom stereocenters. The fourth-order valence-electron chi connectivity index (χ4n) is 1.36. The second-order valence-electron chi connectivity index (χ2n) is 3.67. The predicted octanol–water partition coefficient (Wildman–Crippen LogP) is 0.713. The highest BCUT2D eigenvalue weighted by atomic mass is 16.2. The SMILES string of the molecule is CC[C@@H](N)C(=O)Nc1c(C)nn(C)c1C.